The van der Waals surface area contributed by atoms with Gasteiger partial charge >= 0.3 is 0 Å². The molecule has 0 spiro atoms. The number of fused-ring (bicyclic) bond motifs is 1. The van der Waals surface area contributed by atoms with Crippen LogP contribution in [0.4, 0.5) is 0 Å². The number of hydrogen-bond donors (Lipinski definition) is 0. The fourth-order valence-electron chi connectivity index (χ4n) is 2.38. The molecule has 1 aromatic heterocycles. The molecule has 3 nitrogen and oxygen atoms in total. The Morgan fingerprint density at radius 1 is 1.19 bits per heavy atom. The molecule has 3 aromatic rings. The molecule has 0 saturated carbocycles. The maximum atomic E-state index is 12.4. The van der Waals surface area contributed by atoms with Crippen molar-refractivity contribution in [2.45, 2.75) is 6.54 Å². The fourth-order valence-corrected chi connectivity index (χ4v) is 2.65. The lowest BCUT2D eigenvalue weighted by Crippen LogP contribution is -2.09. The number of Topliss-reactive ketones (excluding diaryl/α,β-unsaturated/α-hetero) is 1. The van der Waals surface area contributed by atoms with Gasteiger partial charge in [-0.3, -0.25) is 4.79 Å². The molecule has 0 aliphatic rings. The molecule has 0 fully saturated rings. The van der Waals surface area contributed by atoms with Crippen LogP contribution in [0, 0.1) is 0 Å². The lowest BCUT2D eigenvalue weighted by molar-refractivity contribution is 0.0973. The minimum Gasteiger partial charge on any atom is -0.497 e. The number of ketones is 1. The molecule has 0 saturated heterocycles. The minimum absolute atomic E-state index is 0.0197. The number of methoxy groups -OCH3 is 1. The Hall–Kier alpha value is -2.26. The number of carbonyl (C=O) groups excluding carboxylic acids is 1. The van der Waals surface area contributed by atoms with Crippen molar-refractivity contribution < 1.29 is 9.53 Å². The Morgan fingerprint density at radius 3 is 2.81 bits per heavy atom. The van der Waals surface area contributed by atoms with Crippen molar-refractivity contribution in [3.8, 4) is 5.75 Å². The van der Waals surface area contributed by atoms with Crippen molar-refractivity contribution in [2.24, 2.45) is 0 Å². The fraction of sp³-hybridized carbons (Fsp3) is 0.118. The van der Waals surface area contributed by atoms with Gasteiger partial charge in [0.05, 0.1) is 18.7 Å². The van der Waals surface area contributed by atoms with Crippen LogP contribution in [0.25, 0.3) is 10.9 Å². The van der Waals surface area contributed by atoms with E-state index in [9.17, 15) is 4.79 Å². The predicted molar refractivity (Wildman–Crippen MR) is 84.3 cm³/mol. The second kappa shape index (κ2) is 5.62. The van der Waals surface area contributed by atoms with Crippen molar-refractivity contribution in [3.05, 3.63) is 65.3 Å². The Morgan fingerprint density at radius 2 is 2.00 bits per heavy atom. The largest absolute Gasteiger partial charge is 0.497 e. The summed E-state index contributed by atoms with van der Waals surface area (Å²) in [5.41, 5.74) is 1.59. The molecule has 0 unspecified atom stereocenters. The SMILES string of the molecule is COc1cccc(C(=O)Cn2cc(Cl)c3ccccc32)c1. The highest BCUT2D eigenvalue weighted by Gasteiger charge is 2.11. The predicted octanol–water partition coefficient (Wildman–Crippen LogP) is 4.19. The van der Waals surface area contributed by atoms with E-state index in [2.05, 4.69) is 0 Å². The molecular formula is C17H14ClNO2. The molecule has 0 N–H and O–H groups in total. The summed E-state index contributed by atoms with van der Waals surface area (Å²) >= 11 is 6.20. The number of rotatable bonds is 4. The Bertz CT molecular complexity index is 807. The highest BCUT2D eigenvalue weighted by Crippen LogP contribution is 2.25. The number of ether oxygens (including phenoxy) is 1. The molecule has 2 aromatic carbocycles. The smallest absolute Gasteiger partial charge is 0.182 e. The third-order valence-electron chi connectivity index (χ3n) is 3.45. The van der Waals surface area contributed by atoms with Crippen molar-refractivity contribution in [3.63, 3.8) is 0 Å². The minimum atomic E-state index is 0.0197. The summed E-state index contributed by atoms with van der Waals surface area (Å²) in [7, 11) is 1.59. The van der Waals surface area contributed by atoms with Crippen LogP contribution in [0.15, 0.2) is 54.7 Å². The number of aromatic nitrogens is 1. The summed E-state index contributed by atoms with van der Waals surface area (Å²) in [4.78, 5) is 12.4. The summed E-state index contributed by atoms with van der Waals surface area (Å²) in [6.07, 6.45) is 1.80. The van der Waals surface area contributed by atoms with Crippen LogP contribution in [0.2, 0.25) is 5.02 Å². The normalized spacial score (nSPS) is 10.8. The molecule has 21 heavy (non-hydrogen) atoms. The molecule has 0 bridgehead atoms. The second-order valence-electron chi connectivity index (χ2n) is 4.78. The number of nitrogens with zero attached hydrogens (tertiary/aromatic N) is 1. The second-order valence-corrected chi connectivity index (χ2v) is 5.18. The van der Waals surface area contributed by atoms with E-state index in [4.69, 9.17) is 16.3 Å². The lowest BCUT2D eigenvalue weighted by Gasteiger charge is -2.06. The van der Waals surface area contributed by atoms with E-state index in [0.717, 1.165) is 10.9 Å². The molecule has 0 aliphatic heterocycles. The van der Waals surface area contributed by atoms with Gasteiger partial charge in [-0.15, -0.1) is 0 Å². The van der Waals surface area contributed by atoms with E-state index in [1.54, 1.807) is 25.4 Å². The molecule has 0 atom stereocenters. The van der Waals surface area contributed by atoms with Crippen molar-refractivity contribution >= 4 is 28.3 Å². The van der Waals surface area contributed by atoms with Crippen LogP contribution < -0.4 is 4.74 Å². The first-order chi connectivity index (χ1) is 10.2. The molecule has 3 rings (SSSR count). The molecule has 106 valence electrons. The van der Waals surface area contributed by atoms with Crippen molar-refractivity contribution in [1.29, 1.82) is 0 Å². The average Bonchev–Trinajstić information content (AvgIpc) is 2.84. The van der Waals surface area contributed by atoms with E-state index >= 15 is 0 Å². The number of benzene rings is 2. The van der Waals surface area contributed by atoms with Crippen LogP contribution in [-0.2, 0) is 6.54 Å². The van der Waals surface area contributed by atoms with Gasteiger partial charge < -0.3 is 9.30 Å². The molecule has 0 amide bonds. The third kappa shape index (κ3) is 2.65. The van der Waals surface area contributed by atoms with Gasteiger partial charge in [0.15, 0.2) is 5.78 Å². The van der Waals surface area contributed by atoms with Crippen LogP contribution in [0.3, 0.4) is 0 Å². The number of para-hydroxylation sites is 1. The van der Waals surface area contributed by atoms with Gasteiger partial charge in [0.2, 0.25) is 0 Å². The lowest BCUT2D eigenvalue weighted by atomic mass is 10.1. The van der Waals surface area contributed by atoms with E-state index < -0.39 is 0 Å². The highest BCUT2D eigenvalue weighted by atomic mass is 35.5. The van der Waals surface area contributed by atoms with Crippen LogP contribution in [0.5, 0.6) is 5.75 Å². The van der Waals surface area contributed by atoms with Gasteiger partial charge in [0, 0.05) is 22.7 Å². The summed E-state index contributed by atoms with van der Waals surface area (Å²) in [5.74, 6) is 0.697. The Balaban J connectivity index is 1.93. The van der Waals surface area contributed by atoms with Crippen LogP contribution >= 0.6 is 11.6 Å². The highest BCUT2D eigenvalue weighted by molar-refractivity contribution is 6.35. The van der Waals surface area contributed by atoms with Gasteiger partial charge in [0.1, 0.15) is 5.75 Å². The van der Waals surface area contributed by atoms with Crippen molar-refractivity contribution in [2.75, 3.05) is 7.11 Å². The van der Waals surface area contributed by atoms with Gasteiger partial charge in [-0.1, -0.05) is 41.9 Å². The summed E-state index contributed by atoms with van der Waals surface area (Å²) in [6, 6.07) is 14.9. The summed E-state index contributed by atoms with van der Waals surface area (Å²) in [5, 5.41) is 1.61. The number of halogens is 1. The van der Waals surface area contributed by atoms with Gasteiger partial charge in [0.25, 0.3) is 0 Å². The first-order valence-corrected chi connectivity index (χ1v) is 6.97. The molecule has 0 radical (unpaired) electrons. The zero-order chi connectivity index (χ0) is 14.8. The number of hydrogen-bond acceptors (Lipinski definition) is 2. The van der Waals surface area contributed by atoms with E-state index in [1.165, 1.54) is 0 Å². The molecular weight excluding hydrogens is 286 g/mol. The van der Waals surface area contributed by atoms with E-state index in [1.807, 2.05) is 41.0 Å². The first-order valence-electron chi connectivity index (χ1n) is 6.59. The zero-order valence-corrected chi connectivity index (χ0v) is 12.3. The van der Waals surface area contributed by atoms with Crippen LogP contribution in [-0.4, -0.2) is 17.5 Å². The van der Waals surface area contributed by atoms with Gasteiger partial charge in [-0.25, -0.2) is 0 Å². The molecule has 4 heteroatoms. The first kappa shape index (κ1) is 13.7. The third-order valence-corrected chi connectivity index (χ3v) is 3.75. The monoisotopic (exact) mass is 299 g/mol. The van der Waals surface area contributed by atoms with E-state index in [0.29, 0.717) is 16.3 Å². The maximum Gasteiger partial charge on any atom is 0.182 e. The van der Waals surface area contributed by atoms with Crippen molar-refractivity contribution in [1.82, 2.24) is 4.57 Å². The summed E-state index contributed by atoms with van der Waals surface area (Å²) < 4.78 is 7.02. The standard InChI is InChI=1S/C17H14ClNO2/c1-21-13-6-4-5-12(9-13)17(20)11-19-10-15(18)14-7-2-3-8-16(14)19/h2-10H,11H2,1H3. The van der Waals surface area contributed by atoms with Crippen LogP contribution in [0.1, 0.15) is 10.4 Å². The topological polar surface area (TPSA) is 31.2 Å². The Labute approximate surface area is 127 Å². The van der Waals surface area contributed by atoms with E-state index in [-0.39, 0.29) is 12.3 Å². The number of carbonyl (C=O) groups is 1. The van der Waals surface area contributed by atoms with Gasteiger partial charge in [-0.05, 0) is 18.2 Å². The maximum absolute atomic E-state index is 12.4. The van der Waals surface area contributed by atoms with Gasteiger partial charge in [-0.2, -0.15) is 0 Å². The Kier molecular flexibility index (Phi) is 3.67. The average molecular weight is 300 g/mol. The molecule has 1 heterocycles. The quantitative estimate of drug-likeness (QED) is 0.677. The summed E-state index contributed by atoms with van der Waals surface area (Å²) in [6.45, 7) is 0.250. The molecule has 0 aliphatic carbocycles. The zero-order valence-electron chi connectivity index (χ0n) is 11.5.